The first-order valence-electron chi connectivity index (χ1n) is 6.95. The van der Waals surface area contributed by atoms with Gasteiger partial charge in [0.05, 0.1) is 22.8 Å². The molecule has 6 heteroatoms. The van der Waals surface area contributed by atoms with Gasteiger partial charge < -0.3 is 5.32 Å². The second kappa shape index (κ2) is 6.86. The van der Waals surface area contributed by atoms with Crippen LogP contribution in [0, 0.1) is 0 Å². The predicted octanol–water partition coefficient (Wildman–Crippen LogP) is 4.49. The largest absolute Gasteiger partial charge is 0.307 e. The van der Waals surface area contributed by atoms with Crippen molar-refractivity contribution in [3.63, 3.8) is 0 Å². The maximum Gasteiger partial charge on any atom is 0.256 e. The smallest absolute Gasteiger partial charge is 0.256 e. The van der Waals surface area contributed by atoms with Gasteiger partial charge in [-0.2, -0.15) is 5.10 Å². The molecule has 4 nitrogen and oxygen atoms in total. The normalized spacial score (nSPS) is 10.5. The lowest BCUT2D eigenvalue weighted by Crippen LogP contribution is -2.16. The SMILES string of the molecule is O=C(Nc1ccnn1Cc1ccccc1)c1ccc(Cl)c(Cl)c1. The molecule has 0 saturated heterocycles. The number of hydrogen-bond donors (Lipinski definition) is 1. The Labute approximate surface area is 143 Å². The highest BCUT2D eigenvalue weighted by atomic mass is 35.5. The first kappa shape index (κ1) is 15.6. The number of halogens is 2. The van der Waals surface area contributed by atoms with Crippen molar-refractivity contribution in [1.82, 2.24) is 9.78 Å². The first-order valence-corrected chi connectivity index (χ1v) is 7.71. The summed E-state index contributed by atoms with van der Waals surface area (Å²) < 4.78 is 1.73. The average molecular weight is 346 g/mol. The number of nitrogens with one attached hydrogen (secondary N) is 1. The summed E-state index contributed by atoms with van der Waals surface area (Å²) in [5.41, 5.74) is 1.54. The third-order valence-electron chi connectivity index (χ3n) is 3.32. The molecule has 0 saturated carbocycles. The third kappa shape index (κ3) is 3.73. The van der Waals surface area contributed by atoms with Crippen molar-refractivity contribution in [2.24, 2.45) is 0 Å². The molecule has 2 aromatic carbocycles. The average Bonchev–Trinajstić information content (AvgIpc) is 2.98. The van der Waals surface area contributed by atoms with Crippen LogP contribution in [0.5, 0.6) is 0 Å². The molecule has 23 heavy (non-hydrogen) atoms. The lowest BCUT2D eigenvalue weighted by atomic mass is 10.2. The number of hydrogen-bond acceptors (Lipinski definition) is 2. The highest BCUT2D eigenvalue weighted by Crippen LogP contribution is 2.23. The van der Waals surface area contributed by atoms with Crippen LogP contribution in [0.25, 0.3) is 0 Å². The topological polar surface area (TPSA) is 46.9 Å². The minimum atomic E-state index is -0.265. The Balaban J connectivity index is 1.77. The van der Waals surface area contributed by atoms with Crippen molar-refractivity contribution in [3.05, 3.63) is 82.0 Å². The molecule has 0 spiro atoms. The first-order chi connectivity index (χ1) is 11.1. The summed E-state index contributed by atoms with van der Waals surface area (Å²) in [5, 5.41) is 7.84. The maximum atomic E-state index is 12.3. The maximum absolute atomic E-state index is 12.3. The van der Waals surface area contributed by atoms with Crippen LogP contribution in [0.2, 0.25) is 10.0 Å². The van der Waals surface area contributed by atoms with E-state index in [1.807, 2.05) is 30.3 Å². The Morgan fingerprint density at radius 1 is 1.04 bits per heavy atom. The molecule has 0 radical (unpaired) electrons. The predicted molar refractivity (Wildman–Crippen MR) is 92.2 cm³/mol. The second-order valence-corrected chi connectivity index (χ2v) is 5.76. The Kier molecular flexibility index (Phi) is 4.65. The number of carbonyl (C=O) groups is 1. The van der Waals surface area contributed by atoms with Crippen LogP contribution in [-0.2, 0) is 6.54 Å². The summed E-state index contributed by atoms with van der Waals surface area (Å²) in [5.74, 6) is 0.350. The fraction of sp³-hybridized carbons (Fsp3) is 0.0588. The zero-order valence-electron chi connectivity index (χ0n) is 12.0. The zero-order valence-corrected chi connectivity index (χ0v) is 13.6. The molecule has 1 heterocycles. The summed E-state index contributed by atoms with van der Waals surface area (Å²) in [6.45, 7) is 0.574. The van der Waals surface area contributed by atoms with Crippen molar-refractivity contribution >= 4 is 34.9 Å². The van der Waals surface area contributed by atoms with E-state index in [1.165, 1.54) is 6.07 Å². The monoisotopic (exact) mass is 345 g/mol. The van der Waals surface area contributed by atoms with E-state index in [2.05, 4.69) is 10.4 Å². The van der Waals surface area contributed by atoms with E-state index in [-0.39, 0.29) is 5.91 Å². The van der Waals surface area contributed by atoms with Crippen LogP contribution in [0.4, 0.5) is 5.82 Å². The fourth-order valence-electron chi connectivity index (χ4n) is 2.15. The second-order valence-electron chi connectivity index (χ2n) is 4.94. The van der Waals surface area contributed by atoms with Crippen molar-refractivity contribution in [2.45, 2.75) is 6.54 Å². The van der Waals surface area contributed by atoms with Gasteiger partial charge >= 0.3 is 0 Å². The minimum absolute atomic E-state index is 0.265. The highest BCUT2D eigenvalue weighted by molar-refractivity contribution is 6.42. The molecule has 0 bridgehead atoms. The minimum Gasteiger partial charge on any atom is -0.307 e. The van der Waals surface area contributed by atoms with E-state index in [9.17, 15) is 4.79 Å². The molecule has 0 aliphatic rings. The Morgan fingerprint density at radius 3 is 2.57 bits per heavy atom. The van der Waals surface area contributed by atoms with Gasteiger partial charge in [-0.15, -0.1) is 0 Å². The molecular formula is C17H13Cl2N3O. The molecule has 0 aliphatic heterocycles. The van der Waals surface area contributed by atoms with Gasteiger partial charge in [0.1, 0.15) is 5.82 Å². The van der Waals surface area contributed by atoms with Crippen LogP contribution >= 0.6 is 23.2 Å². The Bertz CT molecular complexity index is 831. The summed E-state index contributed by atoms with van der Waals surface area (Å²) in [4.78, 5) is 12.3. The number of aromatic nitrogens is 2. The third-order valence-corrected chi connectivity index (χ3v) is 4.05. The van der Waals surface area contributed by atoms with Crippen LogP contribution in [0.15, 0.2) is 60.8 Å². The van der Waals surface area contributed by atoms with Gasteiger partial charge in [-0.1, -0.05) is 53.5 Å². The van der Waals surface area contributed by atoms with Gasteiger partial charge in [0.2, 0.25) is 0 Å². The number of nitrogens with zero attached hydrogens (tertiary/aromatic N) is 2. The van der Waals surface area contributed by atoms with Gasteiger partial charge in [0.15, 0.2) is 0 Å². The quantitative estimate of drug-likeness (QED) is 0.757. The van der Waals surface area contributed by atoms with E-state index in [0.29, 0.717) is 28.0 Å². The molecule has 1 N–H and O–H groups in total. The molecule has 0 atom stereocenters. The fourth-order valence-corrected chi connectivity index (χ4v) is 2.45. The van der Waals surface area contributed by atoms with E-state index in [4.69, 9.17) is 23.2 Å². The highest BCUT2D eigenvalue weighted by Gasteiger charge is 2.11. The lowest BCUT2D eigenvalue weighted by molar-refractivity contribution is 0.102. The number of benzene rings is 2. The zero-order chi connectivity index (χ0) is 16.2. The van der Waals surface area contributed by atoms with Crippen LogP contribution in [0.3, 0.4) is 0 Å². The molecule has 1 aromatic heterocycles. The van der Waals surface area contributed by atoms with Gasteiger partial charge in [-0.05, 0) is 23.8 Å². The number of anilines is 1. The molecule has 1 amide bonds. The number of amides is 1. The van der Waals surface area contributed by atoms with Crippen molar-refractivity contribution in [2.75, 3.05) is 5.32 Å². The lowest BCUT2D eigenvalue weighted by Gasteiger charge is -2.09. The van der Waals surface area contributed by atoms with Gasteiger partial charge in [0.25, 0.3) is 5.91 Å². The molecule has 0 unspecified atom stereocenters. The van der Waals surface area contributed by atoms with E-state index >= 15 is 0 Å². The molecular weight excluding hydrogens is 333 g/mol. The molecule has 0 fully saturated rings. The van der Waals surface area contributed by atoms with E-state index in [0.717, 1.165) is 5.56 Å². The number of rotatable bonds is 4. The molecule has 3 aromatic rings. The van der Waals surface area contributed by atoms with E-state index in [1.54, 1.807) is 29.1 Å². The summed E-state index contributed by atoms with van der Waals surface area (Å²) in [6, 6.07) is 16.4. The molecule has 3 rings (SSSR count). The summed E-state index contributed by atoms with van der Waals surface area (Å²) in [7, 11) is 0. The van der Waals surface area contributed by atoms with Crippen molar-refractivity contribution < 1.29 is 4.79 Å². The standard InChI is InChI=1S/C17H13Cl2N3O/c18-14-7-6-13(10-15(14)19)17(23)21-16-8-9-20-22(16)11-12-4-2-1-3-5-12/h1-10H,11H2,(H,21,23). The summed E-state index contributed by atoms with van der Waals surface area (Å²) >= 11 is 11.8. The van der Waals surface area contributed by atoms with Gasteiger partial charge in [-0.3, -0.25) is 4.79 Å². The van der Waals surface area contributed by atoms with Gasteiger partial charge in [-0.25, -0.2) is 4.68 Å². The van der Waals surface area contributed by atoms with Crippen molar-refractivity contribution in [3.8, 4) is 0 Å². The summed E-state index contributed by atoms with van der Waals surface area (Å²) in [6.07, 6.45) is 1.65. The Hall–Kier alpha value is -2.30. The van der Waals surface area contributed by atoms with Crippen molar-refractivity contribution in [1.29, 1.82) is 0 Å². The molecule has 116 valence electrons. The molecule has 0 aliphatic carbocycles. The number of carbonyl (C=O) groups excluding carboxylic acids is 1. The van der Waals surface area contributed by atoms with Crippen LogP contribution in [-0.4, -0.2) is 15.7 Å². The van der Waals surface area contributed by atoms with Gasteiger partial charge in [0, 0.05) is 11.6 Å². The Morgan fingerprint density at radius 2 is 1.83 bits per heavy atom. The van der Waals surface area contributed by atoms with Crippen LogP contribution in [0.1, 0.15) is 15.9 Å². The van der Waals surface area contributed by atoms with E-state index < -0.39 is 0 Å². The van der Waals surface area contributed by atoms with Crippen LogP contribution < -0.4 is 5.32 Å².